The van der Waals surface area contributed by atoms with Crippen molar-refractivity contribution in [3.8, 4) is 0 Å². The van der Waals surface area contributed by atoms with Gasteiger partial charge in [0.25, 0.3) is 5.56 Å². The largest absolute Gasteiger partial charge is 0.325 e. The van der Waals surface area contributed by atoms with Gasteiger partial charge >= 0.3 is 0 Å². The van der Waals surface area contributed by atoms with Crippen LogP contribution < -0.4 is 16.2 Å². The second-order valence-corrected chi connectivity index (χ2v) is 6.62. The summed E-state index contributed by atoms with van der Waals surface area (Å²) < 4.78 is 0. The molecule has 0 atom stereocenters. The molecule has 6 nitrogen and oxygen atoms in total. The topological polar surface area (TPSA) is 86.9 Å². The van der Waals surface area contributed by atoms with Crippen LogP contribution in [0.5, 0.6) is 0 Å². The predicted octanol–water partition coefficient (Wildman–Crippen LogP) is 2.18. The van der Waals surface area contributed by atoms with E-state index in [0.29, 0.717) is 16.6 Å². The van der Waals surface area contributed by atoms with Crippen LogP contribution in [0.15, 0.2) is 59.7 Å². The molecule has 6 heteroatoms. The van der Waals surface area contributed by atoms with Gasteiger partial charge in [-0.25, -0.2) is 4.98 Å². The molecule has 0 spiro atoms. The van der Waals surface area contributed by atoms with E-state index in [1.807, 2.05) is 30.3 Å². The second-order valence-electron chi connectivity index (χ2n) is 6.62. The number of amides is 1. The molecule has 1 aromatic heterocycles. The number of piperidine rings is 1. The van der Waals surface area contributed by atoms with Crippen molar-refractivity contribution in [1.29, 1.82) is 0 Å². The highest BCUT2D eigenvalue weighted by Gasteiger charge is 2.41. The van der Waals surface area contributed by atoms with Crippen LogP contribution in [0.2, 0.25) is 0 Å². The van der Waals surface area contributed by atoms with Crippen LogP contribution in [0.1, 0.15) is 18.4 Å². The van der Waals surface area contributed by atoms with E-state index < -0.39 is 5.41 Å². The summed E-state index contributed by atoms with van der Waals surface area (Å²) in [6.07, 6.45) is 2.86. The third kappa shape index (κ3) is 2.88. The molecule has 132 valence electrons. The molecule has 1 amide bonds. The van der Waals surface area contributed by atoms with E-state index in [9.17, 15) is 9.59 Å². The van der Waals surface area contributed by atoms with Crippen molar-refractivity contribution in [2.45, 2.75) is 18.3 Å². The maximum Gasteiger partial charge on any atom is 0.258 e. The van der Waals surface area contributed by atoms with Crippen molar-refractivity contribution in [2.75, 3.05) is 18.4 Å². The van der Waals surface area contributed by atoms with E-state index in [-0.39, 0.29) is 11.5 Å². The summed E-state index contributed by atoms with van der Waals surface area (Å²) in [6.45, 7) is 1.61. The number of fused-ring (bicyclic) bond motifs is 1. The zero-order chi connectivity index (χ0) is 18.0. The molecule has 0 unspecified atom stereocenters. The van der Waals surface area contributed by atoms with E-state index in [0.717, 1.165) is 31.5 Å². The van der Waals surface area contributed by atoms with Crippen molar-refractivity contribution in [3.63, 3.8) is 0 Å². The Morgan fingerprint density at radius 1 is 1.08 bits per heavy atom. The molecule has 1 fully saturated rings. The summed E-state index contributed by atoms with van der Waals surface area (Å²) in [5.74, 6) is -0.0191. The maximum atomic E-state index is 13.3. The third-order valence-electron chi connectivity index (χ3n) is 5.12. The lowest BCUT2D eigenvalue weighted by Crippen LogP contribution is -2.48. The first kappa shape index (κ1) is 16.5. The van der Waals surface area contributed by atoms with Gasteiger partial charge in [0.05, 0.1) is 22.6 Å². The standard InChI is InChI=1S/C20H20N4O2/c25-18-16-7-6-15(12-17(16)22-13-23-18)24-19(26)20(8-10-21-11-9-20)14-4-2-1-3-5-14/h1-7,12-13,21H,8-11H2,(H,24,26)(H,22,23,25). The van der Waals surface area contributed by atoms with E-state index >= 15 is 0 Å². The number of carbonyl (C=O) groups is 1. The van der Waals surface area contributed by atoms with Gasteiger partial charge in [-0.2, -0.15) is 0 Å². The van der Waals surface area contributed by atoms with Crippen LogP contribution in [0.3, 0.4) is 0 Å². The van der Waals surface area contributed by atoms with Crippen molar-refractivity contribution >= 4 is 22.5 Å². The molecule has 2 aromatic carbocycles. The van der Waals surface area contributed by atoms with E-state index in [1.54, 1.807) is 18.2 Å². The Morgan fingerprint density at radius 3 is 2.62 bits per heavy atom. The lowest BCUT2D eigenvalue weighted by molar-refractivity contribution is -0.122. The summed E-state index contributed by atoms with van der Waals surface area (Å²) in [7, 11) is 0. The number of aromatic amines is 1. The first-order valence-electron chi connectivity index (χ1n) is 8.74. The molecule has 26 heavy (non-hydrogen) atoms. The number of nitrogens with zero attached hydrogens (tertiary/aromatic N) is 1. The van der Waals surface area contributed by atoms with Gasteiger partial charge in [-0.1, -0.05) is 30.3 Å². The molecule has 2 heterocycles. The number of hydrogen-bond donors (Lipinski definition) is 3. The summed E-state index contributed by atoms with van der Waals surface area (Å²) in [5, 5.41) is 6.88. The van der Waals surface area contributed by atoms with Crippen molar-refractivity contribution in [2.24, 2.45) is 0 Å². The van der Waals surface area contributed by atoms with E-state index in [2.05, 4.69) is 20.6 Å². The molecule has 0 radical (unpaired) electrons. The molecule has 1 aliphatic heterocycles. The molecule has 0 aliphatic carbocycles. The highest BCUT2D eigenvalue weighted by atomic mass is 16.2. The number of rotatable bonds is 3. The number of carbonyl (C=O) groups excluding carboxylic acids is 1. The van der Waals surface area contributed by atoms with Gasteiger partial charge in [0, 0.05) is 5.69 Å². The normalized spacial score (nSPS) is 16.3. The lowest BCUT2D eigenvalue weighted by atomic mass is 9.72. The molecule has 1 saturated heterocycles. The van der Waals surface area contributed by atoms with Gasteiger partial charge in [0.2, 0.25) is 5.91 Å². The number of H-pyrrole nitrogens is 1. The molecule has 0 bridgehead atoms. The smallest absolute Gasteiger partial charge is 0.258 e. The minimum Gasteiger partial charge on any atom is -0.325 e. The summed E-state index contributed by atoms with van der Waals surface area (Å²) >= 11 is 0. The van der Waals surface area contributed by atoms with Crippen LogP contribution in [0.4, 0.5) is 5.69 Å². The summed E-state index contributed by atoms with van der Waals surface area (Å²) in [5.41, 5.74) is 1.50. The average molecular weight is 348 g/mol. The monoisotopic (exact) mass is 348 g/mol. The molecule has 4 rings (SSSR count). The molecular weight excluding hydrogens is 328 g/mol. The fourth-order valence-electron chi connectivity index (χ4n) is 3.65. The molecule has 3 aromatic rings. The fourth-order valence-corrected chi connectivity index (χ4v) is 3.65. The quantitative estimate of drug-likeness (QED) is 0.677. The SMILES string of the molecule is O=C(Nc1ccc2c(=O)[nH]cnc2c1)C1(c2ccccc2)CCNCC1. The Labute approximate surface area is 150 Å². The number of aromatic nitrogens is 2. The van der Waals surface area contributed by atoms with Gasteiger partial charge in [-0.05, 0) is 49.7 Å². The second kappa shape index (κ2) is 6.72. The van der Waals surface area contributed by atoms with Crippen molar-refractivity contribution in [1.82, 2.24) is 15.3 Å². The molecule has 1 aliphatic rings. The van der Waals surface area contributed by atoms with Gasteiger partial charge in [-0.3, -0.25) is 9.59 Å². The summed E-state index contributed by atoms with van der Waals surface area (Å²) in [4.78, 5) is 31.8. The Balaban J connectivity index is 1.68. The maximum absolute atomic E-state index is 13.3. The minimum absolute atomic E-state index is 0.0191. The van der Waals surface area contributed by atoms with Crippen LogP contribution in [-0.4, -0.2) is 29.0 Å². The van der Waals surface area contributed by atoms with Crippen molar-refractivity contribution in [3.05, 3.63) is 70.8 Å². The Hall–Kier alpha value is -2.99. The lowest BCUT2D eigenvalue weighted by Gasteiger charge is -2.36. The number of hydrogen-bond acceptors (Lipinski definition) is 4. The van der Waals surface area contributed by atoms with Gasteiger partial charge < -0.3 is 15.6 Å². The predicted molar refractivity (Wildman–Crippen MR) is 101 cm³/mol. The molecule has 0 saturated carbocycles. The van der Waals surface area contributed by atoms with E-state index in [1.165, 1.54) is 6.33 Å². The van der Waals surface area contributed by atoms with Gasteiger partial charge in [0.1, 0.15) is 0 Å². The molecule has 3 N–H and O–H groups in total. The highest BCUT2D eigenvalue weighted by molar-refractivity contribution is 6.00. The van der Waals surface area contributed by atoms with Crippen LogP contribution in [0.25, 0.3) is 10.9 Å². The third-order valence-corrected chi connectivity index (χ3v) is 5.12. The van der Waals surface area contributed by atoms with Gasteiger partial charge in [0.15, 0.2) is 0 Å². The average Bonchev–Trinajstić information content (AvgIpc) is 2.69. The Kier molecular flexibility index (Phi) is 4.26. The van der Waals surface area contributed by atoms with Gasteiger partial charge in [-0.15, -0.1) is 0 Å². The van der Waals surface area contributed by atoms with Crippen LogP contribution >= 0.6 is 0 Å². The number of benzene rings is 2. The fraction of sp³-hybridized carbons (Fsp3) is 0.250. The summed E-state index contributed by atoms with van der Waals surface area (Å²) in [6, 6.07) is 15.1. The highest BCUT2D eigenvalue weighted by Crippen LogP contribution is 2.35. The van der Waals surface area contributed by atoms with Crippen molar-refractivity contribution < 1.29 is 4.79 Å². The van der Waals surface area contributed by atoms with Crippen LogP contribution in [0, 0.1) is 0 Å². The minimum atomic E-state index is -0.553. The number of anilines is 1. The molecular formula is C20H20N4O2. The Morgan fingerprint density at radius 2 is 1.85 bits per heavy atom. The van der Waals surface area contributed by atoms with E-state index in [4.69, 9.17) is 0 Å². The zero-order valence-corrected chi connectivity index (χ0v) is 14.3. The first-order valence-corrected chi connectivity index (χ1v) is 8.74. The Bertz CT molecular complexity index is 991. The first-order chi connectivity index (χ1) is 12.7. The zero-order valence-electron chi connectivity index (χ0n) is 14.3. The number of nitrogens with one attached hydrogen (secondary N) is 3. The van der Waals surface area contributed by atoms with Crippen LogP contribution in [-0.2, 0) is 10.2 Å².